The van der Waals surface area contributed by atoms with Crippen molar-refractivity contribution in [1.82, 2.24) is 0 Å². The fourth-order valence-electron chi connectivity index (χ4n) is 14.8. The zero-order valence-corrected chi connectivity index (χ0v) is 45.6. The smallest absolute Gasteiger partial charge is 0.147 e. The zero-order chi connectivity index (χ0) is 42.5. The van der Waals surface area contributed by atoms with Crippen molar-refractivity contribution in [1.29, 1.82) is 0 Å². The van der Waals surface area contributed by atoms with Gasteiger partial charge in [-0.3, -0.25) is 0 Å². The second-order valence-corrected chi connectivity index (χ2v) is 53.7. The number of allylic oxidation sites excluding steroid dienone is 2. The minimum atomic E-state index is -3.92. The maximum Gasteiger partial charge on any atom is -0.147 e. The summed E-state index contributed by atoms with van der Waals surface area (Å²) in [5.74, 6) is 3.16. The molecule has 10 rings (SSSR count). The summed E-state index contributed by atoms with van der Waals surface area (Å²) in [7, 11) is 0. The Labute approximate surface area is 404 Å². The molecule has 0 spiro atoms. The molecular weight excluding hydrogens is 911 g/mol. The van der Waals surface area contributed by atoms with Gasteiger partial charge in [0.05, 0.1) is 0 Å². The van der Waals surface area contributed by atoms with Crippen LogP contribution >= 0.6 is 24.8 Å². The van der Waals surface area contributed by atoms with Gasteiger partial charge in [-0.15, -0.1) is 24.8 Å². The molecule has 4 aromatic carbocycles. The van der Waals surface area contributed by atoms with E-state index in [4.69, 9.17) is 0 Å². The van der Waals surface area contributed by atoms with E-state index >= 15 is 0 Å². The topological polar surface area (TPSA) is 0 Å². The van der Waals surface area contributed by atoms with Gasteiger partial charge in [0, 0.05) is 0 Å². The van der Waals surface area contributed by atoms with Crippen molar-refractivity contribution in [2.45, 2.75) is 183 Å². The quantitative estimate of drug-likeness (QED) is 0.139. The predicted molar refractivity (Wildman–Crippen MR) is 283 cm³/mol. The van der Waals surface area contributed by atoms with Crippen LogP contribution in [0.3, 0.4) is 0 Å². The number of aryl methyl sites for hydroxylation is 2. The third-order valence-electron chi connectivity index (χ3n) is 17.7. The van der Waals surface area contributed by atoms with Gasteiger partial charge >= 0.3 is 382 Å². The van der Waals surface area contributed by atoms with E-state index < -0.39 is 17.4 Å². The van der Waals surface area contributed by atoms with E-state index in [-0.39, 0.29) is 24.8 Å². The van der Waals surface area contributed by atoms with Gasteiger partial charge in [0.15, 0.2) is 0 Å². The molecule has 4 saturated carbocycles. The Morgan fingerprint density at radius 1 is 0.453 bits per heavy atom. The second-order valence-electron chi connectivity index (χ2n) is 23.2. The average molecular weight is 992 g/mol. The molecule has 0 saturated heterocycles. The van der Waals surface area contributed by atoms with Gasteiger partial charge in [0.2, 0.25) is 0 Å². The maximum atomic E-state index is 2.95. The molecule has 0 nitrogen and oxygen atoms in total. The van der Waals surface area contributed by atoms with Crippen LogP contribution in [0.5, 0.6) is 0 Å². The largest absolute Gasteiger partial charge is 0.147 e. The van der Waals surface area contributed by atoms with E-state index in [9.17, 15) is 0 Å². The van der Waals surface area contributed by atoms with Crippen molar-refractivity contribution >= 4 is 43.8 Å². The van der Waals surface area contributed by atoms with Gasteiger partial charge in [-0.2, -0.15) is 0 Å². The molecule has 64 heavy (non-hydrogen) atoms. The van der Waals surface area contributed by atoms with Gasteiger partial charge < -0.3 is 0 Å². The van der Waals surface area contributed by atoms with Crippen LogP contribution in [0, 0.1) is 25.7 Å². The van der Waals surface area contributed by atoms with Crippen LogP contribution in [-0.4, -0.2) is 6.88 Å². The van der Waals surface area contributed by atoms with E-state index in [0.717, 1.165) is 23.7 Å². The summed E-state index contributed by atoms with van der Waals surface area (Å²) in [6.07, 6.45) is 36.3. The second kappa shape index (κ2) is 20.3. The summed E-state index contributed by atoms with van der Waals surface area (Å²) in [6, 6.07) is 30.5. The number of hydrogen-bond acceptors (Lipinski definition) is 0. The number of benzene rings is 4. The molecule has 0 bridgehead atoms. The van der Waals surface area contributed by atoms with Crippen LogP contribution in [0.4, 0.5) is 0 Å². The average Bonchev–Trinajstić information content (AvgIpc) is 3.86. The SMILES string of the molecule is Cc1cc(-c2ccc(C3CCCCC3)cc2)c2c(c1)[CH]([Zr]([CH3])([CH3])(=[SiH2])[CH]1C(CC3CCCCC3)=Cc3c(-c4ccc(C5CCCCC5)cc4)cc(C)cc31)C(CC1CCCCC1)=C2.Cl.Cl. The summed E-state index contributed by atoms with van der Waals surface area (Å²) in [4.78, 5) is 0. The molecule has 4 fully saturated rings. The molecule has 4 heteroatoms. The standard InChI is InChI=1S/2C29H35.2CH3.2ClH.H2Si.Zr/c2*1-21-16-27-19-23(18-22-8-4-2-5-9-22)20-29(27)28(17-21)26-14-12-25(13-15-26)24-10-6-3-7-11-24;;;;;;/h2*12-17,19-20,22,24H,2-11,18H2,1H3;2*1H3;2*1H;1H2;. The van der Waals surface area contributed by atoms with Crippen LogP contribution < -0.4 is 0 Å². The zero-order valence-electron chi connectivity index (χ0n) is 40.1. The minimum Gasteiger partial charge on any atom is -0.147 e. The number of rotatable bonds is 10. The maximum absolute atomic E-state index is 3.92. The molecule has 342 valence electrons. The molecule has 2 atom stereocenters. The molecule has 4 aromatic rings. The van der Waals surface area contributed by atoms with Crippen molar-refractivity contribution in [2.75, 3.05) is 0 Å². The Morgan fingerprint density at radius 3 is 1.12 bits per heavy atom. The van der Waals surface area contributed by atoms with Gasteiger partial charge in [-0.1, -0.05) is 0 Å². The van der Waals surface area contributed by atoms with Gasteiger partial charge in [0.1, 0.15) is 0 Å². The molecular formula is C60H80Cl2SiZr. The van der Waals surface area contributed by atoms with E-state index in [1.165, 1.54) is 175 Å². The normalized spacial score (nSPS) is 22.5. The van der Waals surface area contributed by atoms with Crippen molar-refractivity contribution < 1.29 is 17.4 Å². The number of hydrogen-bond donors (Lipinski definition) is 0. The molecule has 0 amide bonds. The third-order valence-corrected chi connectivity index (χ3v) is 35.2. The first kappa shape index (κ1) is 48.5. The monoisotopic (exact) mass is 988 g/mol. The summed E-state index contributed by atoms with van der Waals surface area (Å²) in [5, 5.41) is 0. The van der Waals surface area contributed by atoms with E-state index in [1.54, 1.807) is 33.4 Å². The summed E-state index contributed by atoms with van der Waals surface area (Å²) in [6.45, 7) is 7.41. The number of fused-ring (bicyclic) bond motifs is 2. The van der Waals surface area contributed by atoms with Crippen molar-refractivity contribution in [3.63, 3.8) is 0 Å². The fraction of sp³-hybridized carbons (Fsp3) is 0.533. The summed E-state index contributed by atoms with van der Waals surface area (Å²) >= 11 is -3.92. The Kier molecular flexibility index (Phi) is 15.4. The molecule has 2 unspecified atom stereocenters. The molecule has 6 aliphatic carbocycles. The first-order valence-corrected chi connectivity index (χ1v) is 39.7. The third kappa shape index (κ3) is 9.81. The molecule has 0 heterocycles. The first-order valence-electron chi connectivity index (χ1n) is 26.1. The van der Waals surface area contributed by atoms with Crippen LogP contribution in [0.15, 0.2) is 83.9 Å². The van der Waals surface area contributed by atoms with E-state index in [0.29, 0.717) is 7.25 Å². The minimum absolute atomic E-state index is 0. The van der Waals surface area contributed by atoms with Crippen LogP contribution in [0.25, 0.3) is 34.4 Å². The molecule has 0 aromatic heterocycles. The van der Waals surface area contributed by atoms with Crippen LogP contribution in [0.1, 0.15) is 205 Å². The van der Waals surface area contributed by atoms with Crippen LogP contribution in [0.2, 0.25) is 9.26 Å². The molecule has 6 aliphatic rings. The Bertz CT molecular complexity index is 2230. The first-order chi connectivity index (χ1) is 30.1. The summed E-state index contributed by atoms with van der Waals surface area (Å²) in [5.41, 5.74) is 22.1. The van der Waals surface area contributed by atoms with Gasteiger partial charge in [0.25, 0.3) is 0 Å². The predicted octanol–water partition coefficient (Wildman–Crippen LogP) is 18.4. The van der Waals surface area contributed by atoms with Crippen LogP contribution in [-0.2, 0) is 17.4 Å². The van der Waals surface area contributed by atoms with Gasteiger partial charge in [-0.05, 0) is 0 Å². The molecule has 0 N–H and O–H groups in total. The van der Waals surface area contributed by atoms with Gasteiger partial charge in [-0.25, -0.2) is 0 Å². The van der Waals surface area contributed by atoms with Crippen molar-refractivity contribution in [2.24, 2.45) is 11.8 Å². The van der Waals surface area contributed by atoms with Crippen molar-refractivity contribution in [3.05, 3.63) is 128 Å². The molecule has 0 radical (unpaired) electrons. The van der Waals surface area contributed by atoms with Crippen molar-refractivity contribution in [3.8, 4) is 22.3 Å². The number of halogens is 2. The Hall–Kier alpha value is -1.96. The summed E-state index contributed by atoms with van der Waals surface area (Å²) < 4.78 is 7.03. The van der Waals surface area contributed by atoms with E-state index in [2.05, 4.69) is 115 Å². The molecule has 0 aliphatic heterocycles. The Morgan fingerprint density at radius 2 is 0.781 bits per heavy atom. The fourth-order valence-corrected chi connectivity index (χ4v) is 34.5. The van der Waals surface area contributed by atoms with E-state index in [1.807, 2.05) is 11.1 Å². The Balaban J connectivity index is 0.00000280.